The van der Waals surface area contributed by atoms with Gasteiger partial charge in [-0.05, 0) is 54.1 Å². The van der Waals surface area contributed by atoms with Crippen LogP contribution in [-0.4, -0.2) is 13.1 Å². The molecule has 1 N–H and O–H groups in total. The largest absolute Gasteiger partial charge is 0.316 e. The van der Waals surface area contributed by atoms with Gasteiger partial charge in [-0.1, -0.05) is 59.3 Å². The highest BCUT2D eigenvalue weighted by Crippen LogP contribution is 2.37. The van der Waals surface area contributed by atoms with Crippen molar-refractivity contribution in [2.45, 2.75) is 31.6 Å². The van der Waals surface area contributed by atoms with Gasteiger partial charge < -0.3 is 5.32 Å². The van der Waals surface area contributed by atoms with E-state index in [1.165, 1.54) is 23.1 Å². The molecule has 2 aromatic rings. The molecule has 1 heterocycles. The van der Waals surface area contributed by atoms with Gasteiger partial charge in [0, 0.05) is 16.9 Å². The fraction of sp³-hybridized carbons (Fsp3) is 0.368. The molecule has 1 fully saturated rings. The van der Waals surface area contributed by atoms with Crippen LogP contribution < -0.4 is 5.32 Å². The molecule has 1 aliphatic rings. The second-order valence-corrected chi connectivity index (χ2v) is 6.77. The standard InChI is InChI=1S/C19H22BrN/c1-2-14-3-5-15(6-4-14)18-11-12-21-13-19(18)16-7-9-17(20)10-8-16/h3-10,18-19,21H,2,11-13H2,1H3. The molecule has 1 aliphatic heterocycles. The maximum absolute atomic E-state index is 3.56. The van der Waals surface area contributed by atoms with Crippen molar-refractivity contribution < 1.29 is 0 Å². The van der Waals surface area contributed by atoms with Gasteiger partial charge in [-0.25, -0.2) is 0 Å². The minimum Gasteiger partial charge on any atom is -0.316 e. The quantitative estimate of drug-likeness (QED) is 0.837. The first-order valence-corrected chi connectivity index (χ1v) is 8.62. The molecule has 1 nitrogen and oxygen atoms in total. The summed E-state index contributed by atoms with van der Waals surface area (Å²) in [5.74, 6) is 1.19. The lowest BCUT2D eigenvalue weighted by Crippen LogP contribution is -2.34. The highest BCUT2D eigenvalue weighted by molar-refractivity contribution is 9.10. The van der Waals surface area contributed by atoms with Crippen LogP contribution in [0.2, 0.25) is 0 Å². The van der Waals surface area contributed by atoms with Gasteiger partial charge in [0.05, 0.1) is 0 Å². The van der Waals surface area contributed by atoms with Gasteiger partial charge in [-0.3, -0.25) is 0 Å². The summed E-state index contributed by atoms with van der Waals surface area (Å²) in [5, 5.41) is 3.56. The zero-order valence-corrected chi connectivity index (χ0v) is 14.1. The van der Waals surface area contributed by atoms with Crippen LogP contribution in [0, 0.1) is 0 Å². The summed E-state index contributed by atoms with van der Waals surface area (Å²) in [6.45, 7) is 4.40. The van der Waals surface area contributed by atoms with Gasteiger partial charge in [0.25, 0.3) is 0 Å². The Balaban J connectivity index is 1.88. The first kappa shape index (κ1) is 14.8. The van der Waals surface area contributed by atoms with Crippen LogP contribution in [-0.2, 0) is 6.42 Å². The zero-order chi connectivity index (χ0) is 14.7. The molecule has 0 amide bonds. The predicted octanol–water partition coefficient (Wildman–Crippen LogP) is 4.87. The summed E-state index contributed by atoms with van der Waals surface area (Å²) < 4.78 is 1.15. The minimum absolute atomic E-state index is 0.569. The molecule has 21 heavy (non-hydrogen) atoms. The number of benzene rings is 2. The monoisotopic (exact) mass is 343 g/mol. The van der Waals surface area contributed by atoms with Gasteiger partial charge in [-0.2, -0.15) is 0 Å². The molecular formula is C19H22BrN. The van der Waals surface area contributed by atoms with Crippen LogP contribution in [0.1, 0.15) is 41.9 Å². The number of aryl methyl sites for hydroxylation is 1. The van der Waals surface area contributed by atoms with Crippen molar-refractivity contribution in [2.24, 2.45) is 0 Å². The SMILES string of the molecule is CCc1ccc(C2CCNCC2c2ccc(Br)cc2)cc1. The Morgan fingerprint density at radius 3 is 2.24 bits per heavy atom. The number of piperidine rings is 1. The number of hydrogen-bond acceptors (Lipinski definition) is 1. The van der Waals surface area contributed by atoms with Crippen LogP contribution in [0.4, 0.5) is 0 Å². The van der Waals surface area contributed by atoms with E-state index >= 15 is 0 Å². The molecule has 0 aliphatic carbocycles. The highest BCUT2D eigenvalue weighted by atomic mass is 79.9. The smallest absolute Gasteiger partial charge is 0.0175 e. The summed E-state index contributed by atoms with van der Waals surface area (Å²) in [6, 6.07) is 18.1. The lowest BCUT2D eigenvalue weighted by Gasteiger charge is -2.33. The third-order valence-corrected chi connectivity index (χ3v) is 5.13. The second kappa shape index (κ2) is 6.76. The van der Waals surface area contributed by atoms with Gasteiger partial charge in [0.1, 0.15) is 0 Å². The van der Waals surface area contributed by atoms with Gasteiger partial charge in [-0.15, -0.1) is 0 Å². The van der Waals surface area contributed by atoms with Crippen molar-refractivity contribution >= 4 is 15.9 Å². The fourth-order valence-electron chi connectivity index (χ4n) is 3.32. The van der Waals surface area contributed by atoms with Crippen molar-refractivity contribution in [3.05, 3.63) is 69.7 Å². The van der Waals surface area contributed by atoms with Crippen molar-refractivity contribution in [2.75, 3.05) is 13.1 Å². The van der Waals surface area contributed by atoms with Crippen molar-refractivity contribution in [1.29, 1.82) is 0 Å². The fourth-order valence-corrected chi connectivity index (χ4v) is 3.58. The Bertz CT molecular complexity index is 574. The predicted molar refractivity (Wildman–Crippen MR) is 92.9 cm³/mol. The summed E-state index contributed by atoms with van der Waals surface area (Å²) >= 11 is 3.53. The Hall–Kier alpha value is -1.12. The van der Waals surface area contributed by atoms with E-state index in [-0.39, 0.29) is 0 Å². The number of nitrogens with one attached hydrogen (secondary N) is 1. The van der Waals surface area contributed by atoms with Gasteiger partial charge >= 0.3 is 0 Å². The Kier molecular flexibility index (Phi) is 4.77. The lowest BCUT2D eigenvalue weighted by atomic mass is 9.77. The molecule has 0 radical (unpaired) electrons. The van der Waals surface area contributed by atoms with Crippen molar-refractivity contribution in [3.8, 4) is 0 Å². The minimum atomic E-state index is 0.569. The Morgan fingerprint density at radius 2 is 1.57 bits per heavy atom. The van der Waals surface area contributed by atoms with E-state index in [2.05, 4.69) is 76.7 Å². The van der Waals surface area contributed by atoms with E-state index in [4.69, 9.17) is 0 Å². The van der Waals surface area contributed by atoms with E-state index in [0.717, 1.165) is 24.0 Å². The molecule has 2 unspecified atom stereocenters. The van der Waals surface area contributed by atoms with Crippen molar-refractivity contribution in [3.63, 3.8) is 0 Å². The first-order chi connectivity index (χ1) is 10.3. The lowest BCUT2D eigenvalue weighted by molar-refractivity contribution is 0.404. The van der Waals surface area contributed by atoms with E-state index < -0.39 is 0 Å². The summed E-state index contributed by atoms with van der Waals surface area (Å²) in [7, 11) is 0. The third kappa shape index (κ3) is 3.38. The maximum Gasteiger partial charge on any atom is 0.0175 e. The number of halogens is 1. The molecular weight excluding hydrogens is 322 g/mol. The average molecular weight is 344 g/mol. The third-order valence-electron chi connectivity index (χ3n) is 4.60. The molecule has 0 aromatic heterocycles. The van der Waals surface area contributed by atoms with E-state index in [0.29, 0.717) is 11.8 Å². The van der Waals surface area contributed by atoms with Crippen LogP contribution in [0.3, 0.4) is 0 Å². The normalized spacial score (nSPS) is 22.2. The van der Waals surface area contributed by atoms with Crippen LogP contribution in [0.15, 0.2) is 53.0 Å². The molecule has 0 saturated carbocycles. The Morgan fingerprint density at radius 1 is 0.952 bits per heavy atom. The molecule has 2 aromatic carbocycles. The number of rotatable bonds is 3. The molecule has 0 spiro atoms. The molecule has 0 bridgehead atoms. The van der Waals surface area contributed by atoms with E-state index in [9.17, 15) is 0 Å². The molecule has 2 heteroatoms. The molecule has 110 valence electrons. The van der Waals surface area contributed by atoms with Gasteiger partial charge in [0.15, 0.2) is 0 Å². The van der Waals surface area contributed by atoms with Crippen LogP contribution in [0.25, 0.3) is 0 Å². The van der Waals surface area contributed by atoms with Crippen LogP contribution >= 0.6 is 15.9 Å². The maximum atomic E-state index is 3.56. The highest BCUT2D eigenvalue weighted by Gasteiger charge is 2.27. The summed E-state index contributed by atoms with van der Waals surface area (Å²) in [4.78, 5) is 0. The second-order valence-electron chi connectivity index (χ2n) is 5.85. The zero-order valence-electron chi connectivity index (χ0n) is 12.5. The van der Waals surface area contributed by atoms with E-state index in [1.54, 1.807) is 0 Å². The molecule has 1 saturated heterocycles. The first-order valence-electron chi connectivity index (χ1n) is 7.83. The topological polar surface area (TPSA) is 12.0 Å². The van der Waals surface area contributed by atoms with Gasteiger partial charge in [0.2, 0.25) is 0 Å². The molecule has 3 rings (SSSR count). The number of hydrogen-bond donors (Lipinski definition) is 1. The summed E-state index contributed by atoms with van der Waals surface area (Å²) in [6.07, 6.45) is 2.33. The summed E-state index contributed by atoms with van der Waals surface area (Å²) in [5.41, 5.74) is 4.35. The Labute approximate surface area is 135 Å². The average Bonchev–Trinajstić information content (AvgIpc) is 2.56. The molecule has 2 atom stereocenters. The van der Waals surface area contributed by atoms with Crippen molar-refractivity contribution in [1.82, 2.24) is 5.32 Å². The van der Waals surface area contributed by atoms with E-state index in [1.807, 2.05) is 0 Å². The van der Waals surface area contributed by atoms with Crippen LogP contribution in [0.5, 0.6) is 0 Å².